The van der Waals surface area contributed by atoms with E-state index in [4.69, 9.17) is 4.74 Å². The third-order valence-electron chi connectivity index (χ3n) is 15.6. The van der Waals surface area contributed by atoms with Crippen molar-refractivity contribution in [3.63, 3.8) is 0 Å². The van der Waals surface area contributed by atoms with Crippen molar-refractivity contribution >= 4 is 0 Å². The van der Waals surface area contributed by atoms with Gasteiger partial charge in [-0.3, -0.25) is 38.8 Å². The second-order valence-corrected chi connectivity index (χ2v) is 21.6. The van der Waals surface area contributed by atoms with Crippen LogP contribution >= 0.6 is 0 Å². The van der Waals surface area contributed by atoms with Crippen molar-refractivity contribution in [2.45, 2.75) is 98.2 Å². The van der Waals surface area contributed by atoms with Crippen molar-refractivity contribution in [3.8, 4) is 34.5 Å². The lowest BCUT2D eigenvalue weighted by molar-refractivity contribution is -0.274. The van der Waals surface area contributed by atoms with Gasteiger partial charge in [0.15, 0.2) is 23.0 Å². The summed E-state index contributed by atoms with van der Waals surface area (Å²) in [5.74, 6) is -0.466. The lowest BCUT2D eigenvalue weighted by atomic mass is 10.0. The second kappa shape index (κ2) is 27.4. The first-order valence-electron chi connectivity index (χ1n) is 28.0. The van der Waals surface area contributed by atoms with Gasteiger partial charge in [-0.25, -0.2) is 4.39 Å². The average Bonchev–Trinajstić information content (AvgIpc) is 2.69. The minimum absolute atomic E-state index is 0.167. The zero-order chi connectivity index (χ0) is 61.2. The zero-order valence-electron chi connectivity index (χ0n) is 47.9. The van der Waals surface area contributed by atoms with E-state index >= 15 is 0 Å². The number of aromatic hydroxyl groups is 4. The number of aryl methyl sites for hydroxylation is 1. The number of hydrogen-bond acceptors (Lipinski definition) is 14. The van der Waals surface area contributed by atoms with E-state index in [1.54, 1.807) is 42.1 Å². The molecule has 1 unspecified atom stereocenters. The normalized spacial score (nSPS) is 15.3. The van der Waals surface area contributed by atoms with Crippen molar-refractivity contribution in [2.24, 2.45) is 0 Å². The molecule has 12 rings (SSSR count). The molecule has 4 aromatic carbocycles. The van der Waals surface area contributed by atoms with Crippen molar-refractivity contribution in [1.29, 1.82) is 0 Å². The van der Waals surface area contributed by atoms with Crippen LogP contribution in [0.5, 0.6) is 34.5 Å². The molecule has 4 aliphatic heterocycles. The van der Waals surface area contributed by atoms with Gasteiger partial charge in [0.2, 0.25) is 21.7 Å². The summed E-state index contributed by atoms with van der Waals surface area (Å²) in [7, 11) is 1.66. The summed E-state index contributed by atoms with van der Waals surface area (Å²) in [4.78, 5) is 54.9. The van der Waals surface area contributed by atoms with Crippen molar-refractivity contribution < 1.29 is 47.5 Å². The van der Waals surface area contributed by atoms with E-state index in [0.717, 1.165) is 74.3 Å². The third kappa shape index (κ3) is 16.1. The fourth-order valence-electron chi connectivity index (χ4n) is 10.9. The summed E-state index contributed by atoms with van der Waals surface area (Å²) in [5, 5.41) is 37.8. The van der Waals surface area contributed by atoms with Crippen molar-refractivity contribution in [3.05, 3.63) is 243 Å². The molecule has 0 saturated heterocycles. The zero-order valence-corrected chi connectivity index (χ0v) is 47.9. The number of halogens is 4. The molecule has 1 atom stereocenters. The molecule has 4 aliphatic rings. The highest BCUT2D eigenvalue weighted by Crippen LogP contribution is 2.29. The van der Waals surface area contributed by atoms with E-state index in [1.807, 2.05) is 36.8 Å². The average molecular weight is 1190 g/mol. The first kappa shape index (κ1) is 61.6. The van der Waals surface area contributed by atoms with Crippen molar-refractivity contribution in [2.75, 3.05) is 33.3 Å². The number of pyridine rings is 4. The van der Waals surface area contributed by atoms with E-state index in [9.17, 15) is 57.2 Å². The number of fused-ring (bicyclic) bond motifs is 4. The molecule has 4 aromatic heterocycles. The Morgan fingerprint density at radius 3 is 1.41 bits per heavy atom. The van der Waals surface area contributed by atoms with Crippen LogP contribution in [0.1, 0.15) is 63.6 Å². The first-order chi connectivity index (χ1) is 41.1. The lowest BCUT2D eigenvalue weighted by Gasteiger charge is -2.35. The molecule has 8 aromatic rings. The lowest BCUT2D eigenvalue weighted by Crippen LogP contribution is -2.36. The van der Waals surface area contributed by atoms with Crippen LogP contribution < -0.4 is 31.2 Å². The second-order valence-electron chi connectivity index (χ2n) is 21.6. The minimum atomic E-state index is -4.72. The van der Waals surface area contributed by atoms with Crippen LogP contribution in [0.4, 0.5) is 17.6 Å². The molecule has 0 spiro atoms. The Labute approximate surface area is 493 Å². The number of nitrogens with zero attached hydrogens (tertiary/aromatic N) is 8. The Kier molecular flexibility index (Phi) is 19.6. The molecule has 452 valence electrons. The highest BCUT2D eigenvalue weighted by Gasteiger charge is 2.31. The van der Waals surface area contributed by atoms with Gasteiger partial charge in [0.05, 0.1) is 31.9 Å². The molecule has 0 saturated carbocycles. The van der Waals surface area contributed by atoms with Crippen LogP contribution in [0, 0.1) is 12.7 Å². The largest absolute Gasteiger partial charge is 0.573 e. The van der Waals surface area contributed by atoms with Gasteiger partial charge in [0, 0.05) is 157 Å². The molecular formula is C64H68F4N8O10. The molecule has 18 nitrogen and oxygen atoms in total. The van der Waals surface area contributed by atoms with Gasteiger partial charge < -0.3 is 48.2 Å². The monoisotopic (exact) mass is 1180 g/mol. The van der Waals surface area contributed by atoms with Crippen molar-refractivity contribution in [1.82, 2.24) is 37.9 Å². The van der Waals surface area contributed by atoms with Crippen LogP contribution in [-0.2, 0) is 72.0 Å². The summed E-state index contributed by atoms with van der Waals surface area (Å²) in [6, 6.07) is 35.2. The number of hydrogen-bond donors (Lipinski definition) is 4. The fraction of sp³-hybridized carbons (Fsp3) is 0.312. The van der Waals surface area contributed by atoms with Crippen LogP contribution in [0.15, 0.2) is 165 Å². The Bertz CT molecular complexity index is 3920. The summed E-state index contributed by atoms with van der Waals surface area (Å²) in [6.45, 7) is 14.6. The highest BCUT2D eigenvalue weighted by molar-refractivity contribution is 5.32. The number of methoxy groups -OCH3 is 1. The summed E-state index contributed by atoms with van der Waals surface area (Å²) < 4.78 is 67.2. The molecule has 22 heteroatoms. The summed E-state index contributed by atoms with van der Waals surface area (Å²) >= 11 is 0. The predicted octanol–water partition coefficient (Wildman–Crippen LogP) is 8.19. The minimum Gasteiger partial charge on any atom is -0.503 e. The first-order valence-corrected chi connectivity index (χ1v) is 28.0. The maximum absolute atomic E-state index is 13.6. The van der Waals surface area contributed by atoms with Crippen LogP contribution in [-0.4, -0.2) is 97.9 Å². The van der Waals surface area contributed by atoms with E-state index in [2.05, 4.69) is 69.7 Å². The molecule has 4 N–H and O–H groups in total. The predicted molar refractivity (Wildman–Crippen MR) is 314 cm³/mol. The number of alkyl halides is 3. The SMILES string of the molecule is COc1ccc(CN2CCn3cc(O)c(=O)cc3C2)cc1.Cc1ccccc1C(C)N1CCn2cc(O)c(=O)cc2C1.O=c1cc2n(cc1O)CCN(Cc1cccc(OC(F)(F)F)c1)C2.O=c1cc2n(cc1O)CCN(Cc1ccccc1F)C2. The summed E-state index contributed by atoms with van der Waals surface area (Å²) in [5.41, 5.74) is 7.25. The van der Waals surface area contributed by atoms with E-state index in [0.29, 0.717) is 69.5 Å². The van der Waals surface area contributed by atoms with Gasteiger partial charge in [-0.1, -0.05) is 66.7 Å². The van der Waals surface area contributed by atoms with Crippen LogP contribution in [0.25, 0.3) is 0 Å². The van der Waals surface area contributed by atoms with Gasteiger partial charge in [0.1, 0.15) is 17.3 Å². The Balaban J connectivity index is 0.000000137. The molecule has 0 bridgehead atoms. The number of aromatic nitrogens is 4. The maximum atomic E-state index is 13.6. The standard InChI is InChI=1S/C17H20N2O2.C16H15F3N2O3.C16H18N2O3.C15H15FN2O2/c1-12-5-3-4-6-15(12)13(2)18-7-8-19-11-17(21)16(20)9-14(19)10-18;17-16(18,19)24-13-3-1-2-11(6-13)8-20-4-5-21-10-15(23)14(22)7-12(21)9-20;1-21-14-4-2-12(3-5-14)9-17-6-7-18-11-16(20)15(19)8-13(18)10-17;16-13-4-2-1-3-11(13)8-17-5-6-18-10-15(20)14(19)7-12(18)9-17/h3-6,9,11,13,21H,7-8,10H2,1-2H3;1-3,6-7,10,23H,4-5,8-9H2;2-5,8,11,20H,6-7,9-10H2,1H3;1-4,7,10,20H,5-6,8-9H2. The van der Waals surface area contributed by atoms with Gasteiger partial charge in [-0.05, 0) is 66.4 Å². The topological polar surface area (TPSA) is 200 Å². The molecule has 0 aliphatic carbocycles. The molecule has 86 heavy (non-hydrogen) atoms. The van der Waals surface area contributed by atoms with Crippen LogP contribution in [0.2, 0.25) is 0 Å². The fourth-order valence-corrected chi connectivity index (χ4v) is 10.9. The quantitative estimate of drug-likeness (QED) is 0.0956. The maximum Gasteiger partial charge on any atom is 0.573 e. The molecule has 0 fully saturated rings. The van der Waals surface area contributed by atoms with Gasteiger partial charge in [0.25, 0.3) is 0 Å². The molecule has 0 amide bonds. The van der Waals surface area contributed by atoms with Gasteiger partial charge >= 0.3 is 6.36 Å². The smallest absolute Gasteiger partial charge is 0.503 e. The molecule has 0 radical (unpaired) electrons. The number of benzene rings is 4. The Morgan fingerprint density at radius 2 is 0.930 bits per heavy atom. The third-order valence-corrected chi connectivity index (χ3v) is 15.6. The van der Waals surface area contributed by atoms with E-state index < -0.39 is 11.8 Å². The van der Waals surface area contributed by atoms with E-state index in [1.165, 1.54) is 77.7 Å². The Hall–Kier alpha value is -8.96. The van der Waals surface area contributed by atoms with E-state index in [-0.39, 0.29) is 50.9 Å². The Morgan fingerprint density at radius 1 is 0.488 bits per heavy atom. The molecular weight excluding hydrogens is 1120 g/mol. The van der Waals surface area contributed by atoms with Gasteiger partial charge in [-0.2, -0.15) is 0 Å². The number of rotatable bonds is 10. The summed E-state index contributed by atoms with van der Waals surface area (Å²) in [6.07, 6.45) is 1.24. The molecule has 8 heterocycles. The van der Waals surface area contributed by atoms with Crippen LogP contribution in [0.3, 0.4) is 0 Å². The number of ether oxygens (including phenoxy) is 2. The van der Waals surface area contributed by atoms with Gasteiger partial charge in [-0.15, -0.1) is 13.2 Å². The highest BCUT2D eigenvalue weighted by atomic mass is 19.4.